The number of unbranched alkanes of at least 4 members (excludes halogenated alkanes) is 7. The first-order valence-corrected chi connectivity index (χ1v) is 10.5. The van der Waals surface area contributed by atoms with Gasteiger partial charge in [0.15, 0.2) is 5.69 Å². The minimum atomic E-state index is 0. The summed E-state index contributed by atoms with van der Waals surface area (Å²) in [6.45, 7) is 3.26. The molecule has 0 amide bonds. The van der Waals surface area contributed by atoms with E-state index < -0.39 is 0 Å². The van der Waals surface area contributed by atoms with Crippen LogP contribution in [0, 0.1) is 6.92 Å². The molecule has 0 atom stereocenters. The van der Waals surface area contributed by atoms with E-state index in [9.17, 15) is 0 Å². The van der Waals surface area contributed by atoms with Crippen LogP contribution >= 0.6 is 22.6 Å². The molecule has 1 aromatic heterocycles. The van der Waals surface area contributed by atoms with Crippen LogP contribution in [0.4, 0.5) is 5.69 Å². The quantitative estimate of drug-likeness (QED) is 0.251. The topological polar surface area (TPSA) is 29.9 Å². The van der Waals surface area contributed by atoms with Crippen molar-refractivity contribution >= 4 is 39.2 Å². The van der Waals surface area contributed by atoms with Gasteiger partial charge in [0.2, 0.25) is 5.52 Å². The fourth-order valence-corrected chi connectivity index (χ4v) is 3.79. The average molecular weight is 461 g/mol. The maximum atomic E-state index is 6.16. The van der Waals surface area contributed by atoms with Crippen molar-refractivity contribution in [3.8, 4) is 0 Å². The van der Waals surface area contributed by atoms with Gasteiger partial charge in [-0.2, -0.15) is 4.57 Å². The molecule has 0 fully saturated rings. The van der Waals surface area contributed by atoms with Gasteiger partial charge in [-0.1, -0.05) is 66.8 Å². The van der Waals surface area contributed by atoms with E-state index in [4.69, 9.17) is 5.73 Å². The molecule has 0 unspecified atom stereocenters. The molecule has 2 N–H and O–H groups in total. The van der Waals surface area contributed by atoms with E-state index in [1.807, 2.05) is 0 Å². The number of aryl methyl sites for hydroxylation is 2. The van der Waals surface area contributed by atoms with E-state index in [-0.39, 0.29) is 12.4 Å². The number of pyridine rings is 1. The Morgan fingerprint density at radius 3 is 2.17 bits per heavy atom. The molecular weight excluding hydrogens is 431 g/mol. The number of nitrogen functional groups attached to an aromatic ring is 1. The normalized spacial score (nSPS) is 10.8. The highest BCUT2D eigenvalue weighted by atomic mass is 127. The third-order valence-corrected chi connectivity index (χ3v) is 5.32. The first-order chi connectivity index (χ1) is 11.2. The molecule has 24 heavy (non-hydrogen) atoms. The van der Waals surface area contributed by atoms with Gasteiger partial charge in [-0.05, 0) is 23.3 Å². The summed E-state index contributed by atoms with van der Waals surface area (Å²) in [7, 11) is 0. The van der Waals surface area contributed by atoms with Crippen LogP contribution in [0.3, 0.4) is 0 Å². The summed E-state index contributed by atoms with van der Waals surface area (Å²) >= 11 is 2.47. The van der Waals surface area contributed by atoms with Crippen molar-refractivity contribution in [3.05, 3.63) is 36.0 Å². The standard InChI is InChI=1S/C20H29IN2.ClH/c1-17-16-19(22)18-12-8-9-13-20(18)23(17)15-11-7-5-3-2-4-6-10-14-21;/h8-9,12-13,16,22H,2-7,10-11,14-15H2,1H3;1H. The smallest absolute Gasteiger partial charge is 0.214 e. The number of hydrogen-bond donors (Lipinski definition) is 1. The van der Waals surface area contributed by atoms with Crippen molar-refractivity contribution < 1.29 is 17.0 Å². The van der Waals surface area contributed by atoms with Crippen molar-refractivity contribution in [1.29, 1.82) is 0 Å². The zero-order valence-electron chi connectivity index (χ0n) is 14.7. The molecule has 0 bridgehead atoms. The summed E-state index contributed by atoms with van der Waals surface area (Å²) in [6.07, 6.45) is 11.0. The molecule has 0 aliphatic heterocycles. The number of alkyl halides is 1. The van der Waals surface area contributed by atoms with E-state index in [0.29, 0.717) is 0 Å². The number of fused-ring (bicyclic) bond motifs is 1. The second kappa shape index (κ2) is 11.9. The Hall–Kier alpha value is -0.550. The molecule has 0 radical (unpaired) electrons. The van der Waals surface area contributed by atoms with Gasteiger partial charge in [-0.25, -0.2) is 0 Å². The van der Waals surface area contributed by atoms with Crippen LogP contribution in [0.15, 0.2) is 30.3 Å². The zero-order chi connectivity index (χ0) is 16.5. The first kappa shape index (κ1) is 21.5. The molecule has 0 spiro atoms. The number of nitrogens with zero attached hydrogens (tertiary/aromatic N) is 1. The highest BCUT2D eigenvalue weighted by Gasteiger charge is 2.14. The van der Waals surface area contributed by atoms with Gasteiger partial charge in [-0.3, -0.25) is 0 Å². The molecule has 1 heterocycles. The van der Waals surface area contributed by atoms with Gasteiger partial charge >= 0.3 is 0 Å². The molecule has 0 saturated carbocycles. The molecule has 4 heteroatoms. The SMILES string of the molecule is Cc1cc(N)c2ccccc2[n+]1CCCCCCCCCCI.[Cl-]. The van der Waals surface area contributed by atoms with Crippen molar-refractivity contribution in [2.75, 3.05) is 10.2 Å². The summed E-state index contributed by atoms with van der Waals surface area (Å²) in [5, 5.41) is 1.17. The van der Waals surface area contributed by atoms with Crippen LogP contribution in [0.5, 0.6) is 0 Å². The second-order valence-electron chi connectivity index (χ2n) is 6.43. The maximum Gasteiger partial charge on any atom is 0.214 e. The van der Waals surface area contributed by atoms with Gasteiger partial charge in [-0.15, -0.1) is 0 Å². The summed E-state index contributed by atoms with van der Waals surface area (Å²) in [5.41, 5.74) is 9.58. The van der Waals surface area contributed by atoms with Crippen LogP contribution in [0.2, 0.25) is 0 Å². The third kappa shape index (κ3) is 6.40. The number of halogens is 2. The highest BCUT2D eigenvalue weighted by Crippen LogP contribution is 2.19. The van der Waals surface area contributed by atoms with Crippen LogP contribution in [0.1, 0.15) is 57.1 Å². The number of aromatic nitrogens is 1. The average Bonchev–Trinajstić information content (AvgIpc) is 2.56. The Morgan fingerprint density at radius 2 is 1.50 bits per heavy atom. The number of rotatable bonds is 10. The van der Waals surface area contributed by atoms with E-state index in [1.165, 1.54) is 72.4 Å². The van der Waals surface area contributed by atoms with E-state index in [1.54, 1.807) is 0 Å². The lowest BCUT2D eigenvalue weighted by Gasteiger charge is -2.07. The Bertz CT molecular complexity index is 616. The zero-order valence-corrected chi connectivity index (χ0v) is 17.7. The van der Waals surface area contributed by atoms with Crippen LogP contribution < -0.4 is 22.7 Å². The summed E-state index contributed by atoms with van der Waals surface area (Å²) < 4.78 is 3.73. The van der Waals surface area contributed by atoms with Crippen molar-refractivity contribution in [2.45, 2.75) is 64.8 Å². The molecule has 134 valence electrons. The van der Waals surface area contributed by atoms with E-state index in [2.05, 4.69) is 64.4 Å². The van der Waals surface area contributed by atoms with E-state index in [0.717, 1.165) is 12.2 Å². The number of anilines is 1. The summed E-state index contributed by atoms with van der Waals surface area (Å²) in [6, 6.07) is 10.6. The number of para-hydroxylation sites is 1. The minimum Gasteiger partial charge on any atom is -1.00 e. The lowest BCUT2D eigenvalue weighted by molar-refractivity contribution is -0.677. The van der Waals surface area contributed by atoms with Gasteiger partial charge < -0.3 is 18.1 Å². The van der Waals surface area contributed by atoms with Gasteiger partial charge in [0.05, 0.1) is 11.1 Å². The van der Waals surface area contributed by atoms with Crippen LogP contribution in [0.25, 0.3) is 10.9 Å². The number of nitrogens with two attached hydrogens (primary N) is 1. The van der Waals surface area contributed by atoms with Crippen LogP contribution in [-0.2, 0) is 6.54 Å². The first-order valence-electron chi connectivity index (χ1n) is 8.97. The maximum absolute atomic E-state index is 6.16. The van der Waals surface area contributed by atoms with Gasteiger partial charge in [0.25, 0.3) is 0 Å². The highest BCUT2D eigenvalue weighted by molar-refractivity contribution is 14.1. The Kier molecular flexibility index (Phi) is 10.7. The van der Waals surface area contributed by atoms with Crippen molar-refractivity contribution in [1.82, 2.24) is 0 Å². The fourth-order valence-electron chi connectivity index (χ4n) is 3.25. The molecule has 2 aromatic rings. The summed E-state index contributed by atoms with van der Waals surface area (Å²) in [5.74, 6) is 0. The lowest BCUT2D eigenvalue weighted by Crippen LogP contribution is -3.00. The molecule has 2 rings (SSSR count). The van der Waals surface area contributed by atoms with Crippen LogP contribution in [-0.4, -0.2) is 4.43 Å². The number of benzene rings is 1. The predicted molar refractivity (Wildman–Crippen MR) is 109 cm³/mol. The predicted octanol–water partition coefficient (Wildman–Crippen LogP) is 2.58. The van der Waals surface area contributed by atoms with Gasteiger partial charge in [0, 0.05) is 25.5 Å². The fraction of sp³-hybridized carbons (Fsp3) is 0.550. The molecule has 0 saturated heterocycles. The molecule has 2 nitrogen and oxygen atoms in total. The summed E-state index contributed by atoms with van der Waals surface area (Å²) in [4.78, 5) is 0. The van der Waals surface area contributed by atoms with E-state index >= 15 is 0 Å². The largest absolute Gasteiger partial charge is 1.00 e. The van der Waals surface area contributed by atoms with Crippen molar-refractivity contribution in [2.24, 2.45) is 0 Å². The molecule has 0 aliphatic rings. The molecular formula is C20H30ClIN2. The molecule has 0 aliphatic carbocycles. The molecule has 1 aromatic carbocycles. The van der Waals surface area contributed by atoms with Crippen molar-refractivity contribution in [3.63, 3.8) is 0 Å². The van der Waals surface area contributed by atoms with Gasteiger partial charge in [0.1, 0.15) is 6.54 Å². The monoisotopic (exact) mass is 460 g/mol. The minimum absolute atomic E-state index is 0. The Balaban J connectivity index is 0.00000288. The Labute approximate surface area is 166 Å². The number of hydrogen-bond acceptors (Lipinski definition) is 1. The second-order valence-corrected chi connectivity index (χ2v) is 7.51. The third-order valence-electron chi connectivity index (χ3n) is 4.56. The lowest BCUT2D eigenvalue weighted by atomic mass is 10.1. The Morgan fingerprint density at radius 1 is 0.917 bits per heavy atom.